The first-order valence-electron chi connectivity index (χ1n) is 3.96. The Morgan fingerprint density at radius 3 is 2.59 bits per heavy atom. The summed E-state index contributed by atoms with van der Waals surface area (Å²) in [6, 6.07) is 1.74. The zero-order chi connectivity index (χ0) is 13.2. The molecule has 0 unspecified atom stereocenters. The summed E-state index contributed by atoms with van der Waals surface area (Å²) in [4.78, 5) is 23.4. The molecular weight excluding hydrogens is 260 g/mol. The van der Waals surface area contributed by atoms with Crippen molar-refractivity contribution in [1.82, 2.24) is 4.98 Å². The van der Waals surface area contributed by atoms with Crippen LogP contribution in [-0.4, -0.2) is 15.1 Å². The van der Waals surface area contributed by atoms with Crippen molar-refractivity contribution in [2.45, 2.75) is 6.43 Å². The summed E-state index contributed by atoms with van der Waals surface area (Å²) in [5.74, 6) is 0. The highest BCUT2D eigenvalue weighted by atomic mass is 35.5. The van der Waals surface area contributed by atoms with E-state index in [1.165, 1.54) is 6.07 Å². The molecule has 9 heteroatoms. The molecule has 0 bridgehead atoms. The van der Waals surface area contributed by atoms with Crippen LogP contribution in [0, 0.1) is 21.4 Å². The van der Waals surface area contributed by atoms with Gasteiger partial charge in [0, 0.05) is 6.07 Å². The molecule has 1 aromatic rings. The highest BCUT2D eigenvalue weighted by Gasteiger charge is 2.27. The fraction of sp³-hybridized carbons (Fsp3) is 0.125. The highest BCUT2D eigenvalue weighted by molar-refractivity contribution is 6.67. The van der Waals surface area contributed by atoms with Gasteiger partial charge in [-0.25, -0.2) is 13.8 Å². The summed E-state index contributed by atoms with van der Waals surface area (Å²) in [5, 5.41) is 17.8. The van der Waals surface area contributed by atoms with E-state index < -0.39 is 39.2 Å². The number of carbonyl (C=O) groups is 1. The van der Waals surface area contributed by atoms with Crippen molar-refractivity contribution in [3.05, 3.63) is 33.1 Å². The molecule has 1 aromatic heterocycles. The van der Waals surface area contributed by atoms with E-state index in [0.717, 1.165) is 0 Å². The van der Waals surface area contributed by atoms with Gasteiger partial charge in [-0.3, -0.25) is 14.9 Å². The largest absolute Gasteiger partial charge is 0.300 e. The lowest BCUT2D eigenvalue weighted by molar-refractivity contribution is -0.385. The minimum Gasteiger partial charge on any atom is -0.274 e. The molecular formula is C8H2ClF2N3O3. The van der Waals surface area contributed by atoms with Crippen LogP contribution in [0.15, 0.2) is 6.07 Å². The maximum atomic E-state index is 12.5. The molecule has 0 aliphatic carbocycles. The third-order valence-corrected chi connectivity index (χ3v) is 1.93. The predicted molar refractivity (Wildman–Crippen MR) is 50.7 cm³/mol. The van der Waals surface area contributed by atoms with E-state index in [4.69, 9.17) is 16.9 Å². The third-order valence-electron chi connectivity index (χ3n) is 1.76. The van der Waals surface area contributed by atoms with Crippen molar-refractivity contribution in [3.8, 4) is 6.07 Å². The molecule has 0 amide bonds. The summed E-state index contributed by atoms with van der Waals surface area (Å²) >= 11 is 5.01. The Morgan fingerprint density at radius 2 is 2.24 bits per heavy atom. The van der Waals surface area contributed by atoms with Gasteiger partial charge in [0.2, 0.25) is 5.69 Å². The lowest BCUT2D eigenvalue weighted by Crippen LogP contribution is -2.06. The fourth-order valence-corrected chi connectivity index (χ4v) is 1.20. The molecule has 0 aliphatic heterocycles. The molecule has 0 aliphatic rings. The Kier molecular flexibility index (Phi) is 3.65. The van der Waals surface area contributed by atoms with Crippen molar-refractivity contribution in [2.75, 3.05) is 0 Å². The molecule has 17 heavy (non-hydrogen) atoms. The standard InChI is InChI=1S/C8H2ClF2N3O3/c9-7(15)6-5(14(16)17)1-3(8(10)11)4(2-12)13-6/h1,8H. The molecule has 0 N–H and O–H groups in total. The molecule has 0 saturated carbocycles. The van der Waals surface area contributed by atoms with Crippen LogP contribution in [0.4, 0.5) is 14.5 Å². The first-order valence-corrected chi connectivity index (χ1v) is 4.33. The molecule has 6 nitrogen and oxygen atoms in total. The van der Waals surface area contributed by atoms with Crippen molar-refractivity contribution in [2.24, 2.45) is 0 Å². The van der Waals surface area contributed by atoms with Crippen LogP contribution in [0.1, 0.15) is 28.2 Å². The van der Waals surface area contributed by atoms with Gasteiger partial charge in [0.05, 0.1) is 10.5 Å². The second-order valence-electron chi connectivity index (χ2n) is 2.74. The van der Waals surface area contributed by atoms with Gasteiger partial charge in [0.25, 0.3) is 11.7 Å². The van der Waals surface area contributed by atoms with E-state index in [-0.39, 0.29) is 0 Å². The quantitative estimate of drug-likeness (QED) is 0.472. The molecule has 0 atom stereocenters. The van der Waals surface area contributed by atoms with Gasteiger partial charge < -0.3 is 0 Å². The number of hydrogen-bond acceptors (Lipinski definition) is 5. The molecule has 0 saturated heterocycles. The summed E-state index contributed by atoms with van der Waals surface area (Å²) < 4.78 is 24.9. The smallest absolute Gasteiger partial charge is 0.274 e. The highest BCUT2D eigenvalue weighted by Crippen LogP contribution is 2.28. The Hall–Kier alpha value is -2.14. The zero-order valence-electron chi connectivity index (χ0n) is 7.85. The van der Waals surface area contributed by atoms with Crippen LogP contribution in [0.5, 0.6) is 0 Å². The Balaban J connectivity index is 3.61. The van der Waals surface area contributed by atoms with Gasteiger partial charge in [0.1, 0.15) is 6.07 Å². The number of nitriles is 1. The van der Waals surface area contributed by atoms with Gasteiger partial charge in [-0.2, -0.15) is 5.26 Å². The minimum atomic E-state index is -3.12. The molecule has 1 heterocycles. The maximum Gasteiger partial charge on any atom is 0.300 e. The number of nitrogens with zero attached hydrogens (tertiary/aromatic N) is 3. The van der Waals surface area contributed by atoms with Crippen molar-refractivity contribution in [3.63, 3.8) is 0 Å². The van der Waals surface area contributed by atoms with E-state index in [1.807, 2.05) is 0 Å². The van der Waals surface area contributed by atoms with E-state index in [9.17, 15) is 23.7 Å². The van der Waals surface area contributed by atoms with Crippen LogP contribution in [0.3, 0.4) is 0 Å². The minimum absolute atomic E-state index is 0.422. The number of halogens is 3. The Bertz CT molecular complexity index is 542. The number of nitro groups is 1. The second-order valence-corrected chi connectivity index (χ2v) is 3.08. The normalized spacial score (nSPS) is 10.1. The Morgan fingerprint density at radius 1 is 1.65 bits per heavy atom. The number of carbonyl (C=O) groups excluding carboxylic acids is 1. The monoisotopic (exact) mass is 261 g/mol. The Labute approximate surface area is 97.6 Å². The molecule has 0 fully saturated rings. The van der Waals surface area contributed by atoms with E-state index >= 15 is 0 Å². The molecule has 0 aromatic carbocycles. The van der Waals surface area contributed by atoms with E-state index in [1.54, 1.807) is 0 Å². The number of alkyl halides is 2. The summed E-state index contributed by atoms with van der Waals surface area (Å²) in [6.45, 7) is 0. The fourth-order valence-electron chi connectivity index (χ4n) is 1.06. The molecule has 0 spiro atoms. The van der Waals surface area contributed by atoms with E-state index in [2.05, 4.69) is 4.98 Å². The maximum absolute atomic E-state index is 12.5. The van der Waals surface area contributed by atoms with Gasteiger partial charge in [-0.05, 0) is 11.6 Å². The number of aromatic nitrogens is 1. The topological polar surface area (TPSA) is 96.9 Å². The van der Waals surface area contributed by atoms with Crippen LogP contribution < -0.4 is 0 Å². The zero-order valence-corrected chi connectivity index (χ0v) is 8.61. The average molecular weight is 262 g/mol. The van der Waals surface area contributed by atoms with Gasteiger partial charge in [0.15, 0.2) is 5.69 Å². The molecule has 0 radical (unpaired) electrons. The second kappa shape index (κ2) is 4.80. The predicted octanol–water partition coefficient (Wildman–Crippen LogP) is 2.18. The van der Waals surface area contributed by atoms with Crippen LogP contribution in [0.2, 0.25) is 0 Å². The summed E-state index contributed by atoms with van der Waals surface area (Å²) in [5.41, 5.74) is -3.48. The lowest BCUT2D eigenvalue weighted by atomic mass is 10.1. The van der Waals surface area contributed by atoms with Crippen LogP contribution in [-0.2, 0) is 0 Å². The third kappa shape index (κ3) is 2.51. The lowest BCUT2D eigenvalue weighted by Gasteiger charge is -2.03. The van der Waals surface area contributed by atoms with Crippen molar-refractivity contribution >= 4 is 22.5 Å². The first-order chi connectivity index (χ1) is 7.88. The van der Waals surface area contributed by atoms with Crippen molar-refractivity contribution in [1.29, 1.82) is 5.26 Å². The summed E-state index contributed by atoms with van der Waals surface area (Å²) in [6.07, 6.45) is -3.12. The van der Waals surface area contributed by atoms with E-state index in [0.29, 0.717) is 6.07 Å². The molecule has 1 rings (SSSR count). The van der Waals surface area contributed by atoms with Crippen LogP contribution in [0.25, 0.3) is 0 Å². The van der Waals surface area contributed by atoms with Crippen LogP contribution >= 0.6 is 11.6 Å². The van der Waals surface area contributed by atoms with Gasteiger partial charge in [-0.1, -0.05) is 0 Å². The van der Waals surface area contributed by atoms with Gasteiger partial charge in [-0.15, -0.1) is 0 Å². The van der Waals surface area contributed by atoms with Crippen molar-refractivity contribution < 1.29 is 18.5 Å². The SMILES string of the molecule is N#Cc1nc(C(=O)Cl)c([N+](=O)[O-])cc1C(F)F. The summed E-state index contributed by atoms with van der Waals surface area (Å²) in [7, 11) is 0. The molecule has 88 valence electrons. The first kappa shape index (κ1) is 12.9. The average Bonchev–Trinajstić information content (AvgIpc) is 2.26. The number of pyridine rings is 1. The number of rotatable bonds is 3. The number of hydrogen-bond donors (Lipinski definition) is 0. The van der Waals surface area contributed by atoms with Gasteiger partial charge >= 0.3 is 5.69 Å².